The van der Waals surface area contributed by atoms with Gasteiger partial charge in [0.15, 0.2) is 11.6 Å². The zero-order chi connectivity index (χ0) is 16.3. The van der Waals surface area contributed by atoms with Gasteiger partial charge in [-0.05, 0) is 38.4 Å². The summed E-state index contributed by atoms with van der Waals surface area (Å²) in [6.07, 6.45) is 1.75. The molecule has 1 aromatic rings. The van der Waals surface area contributed by atoms with Crippen molar-refractivity contribution in [1.82, 2.24) is 9.62 Å². The van der Waals surface area contributed by atoms with Gasteiger partial charge in [-0.2, -0.15) is 4.31 Å². The maximum Gasteiger partial charge on any atom is 0.246 e. The Balaban J connectivity index is 2.42. The molecule has 0 spiro atoms. The van der Waals surface area contributed by atoms with Gasteiger partial charge in [0, 0.05) is 18.7 Å². The Kier molecular flexibility index (Phi) is 5.46. The van der Waals surface area contributed by atoms with Gasteiger partial charge < -0.3 is 5.32 Å². The Morgan fingerprint density at radius 3 is 2.32 bits per heavy atom. The molecule has 2 rings (SSSR count). The van der Waals surface area contributed by atoms with Crippen molar-refractivity contribution in [2.75, 3.05) is 19.6 Å². The molecule has 1 N–H and O–H groups in total. The van der Waals surface area contributed by atoms with Gasteiger partial charge in [-0.1, -0.05) is 6.92 Å². The number of nitrogens with zero attached hydrogens (tertiary/aromatic N) is 1. The van der Waals surface area contributed by atoms with Crippen LogP contribution >= 0.6 is 0 Å². The molecule has 4 nitrogen and oxygen atoms in total. The van der Waals surface area contributed by atoms with E-state index >= 15 is 0 Å². The van der Waals surface area contributed by atoms with Crippen molar-refractivity contribution in [1.29, 1.82) is 0 Å². The van der Waals surface area contributed by atoms with Gasteiger partial charge in [-0.15, -0.1) is 0 Å². The monoisotopic (exact) mass is 336 g/mol. The van der Waals surface area contributed by atoms with Crippen molar-refractivity contribution in [3.05, 3.63) is 29.6 Å². The summed E-state index contributed by atoms with van der Waals surface area (Å²) in [5.74, 6) is -4.05. The zero-order valence-electron chi connectivity index (χ0n) is 12.3. The Morgan fingerprint density at radius 2 is 1.73 bits per heavy atom. The number of rotatable bonds is 5. The third-order valence-electron chi connectivity index (χ3n) is 3.72. The van der Waals surface area contributed by atoms with Crippen molar-refractivity contribution < 1.29 is 21.6 Å². The normalized spacial score (nSPS) is 17.1. The van der Waals surface area contributed by atoms with Crippen molar-refractivity contribution in [2.45, 2.75) is 37.1 Å². The van der Waals surface area contributed by atoms with Crippen molar-refractivity contribution >= 4 is 10.0 Å². The number of hydrogen-bond donors (Lipinski definition) is 1. The van der Waals surface area contributed by atoms with E-state index in [0.29, 0.717) is 38.4 Å². The minimum absolute atomic E-state index is 0.214. The zero-order valence-corrected chi connectivity index (χ0v) is 13.1. The first-order valence-electron chi connectivity index (χ1n) is 7.25. The van der Waals surface area contributed by atoms with Gasteiger partial charge in [0.2, 0.25) is 10.0 Å². The van der Waals surface area contributed by atoms with Crippen LogP contribution in [0.2, 0.25) is 0 Å². The summed E-state index contributed by atoms with van der Waals surface area (Å²) in [5, 5.41) is 3.13. The second kappa shape index (κ2) is 6.97. The molecule has 1 aromatic carbocycles. The molecular formula is C14H19F3N2O2S. The summed E-state index contributed by atoms with van der Waals surface area (Å²) in [6.45, 7) is 3.36. The SMILES string of the molecule is CCCN(C1CCNCC1)S(=O)(=O)c1cc(F)c(F)cc1F. The molecular weight excluding hydrogens is 317 g/mol. The lowest BCUT2D eigenvalue weighted by Crippen LogP contribution is -2.46. The fourth-order valence-electron chi connectivity index (χ4n) is 2.64. The Labute approximate surface area is 128 Å². The molecule has 22 heavy (non-hydrogen) atoms. The summed E-state index contributed by atoms with van der Waals surface area (Å²) >= 11 is 0. The van der Waals surface area contributed by atoms with Gasteiger partial charge in [0.05, 0.1) is 0 Å². The van der Waals surface area contributed by atoms with E-state index in [4.69, 9.17) is 0 Å². The van der Waals surface area contributed by atoms with E-state index in [-0.39, 0.29) is 18.7 Å². The molecule has 0 unspecified atom stereocenters. The molecule has 0 aliphatic carbocycles. The first-order valence-corrected chi connectivity index (χ1v) is 8.69. The highest BCUT2D eigenvalue weighted by Crippen LogP contribution is 2.26. The maximum absolute atomic E-state index is 13.9. The average Bonchev–Trinajstić information content (AvgIpc) is 2.49. The summed E-state index contributed by atoms with van der Waals surface area (Å²) in [4.78, 5) is -0.807. The van der Waals surface area contributed by atoms with Crippen LogP contribution in [0.3, 0.4) is 0 Å². The molecule has 0 radical (unpaired) electrons. The second-order valence-corrected chi connectivity index (χ2v) is 7.15. The van der Waals surface area contributed by atoms with Crippen molar-refractivity contribution in [3.8, 4) is 0 Å². The molecule has 1 heterocycles. The molecule has 124 valence electrons. The molecule has 1 aliphatic heterocycles. The Hall–Kier alpha value is -1.12. The molecule has 0 aromatic heterocycles. The topological polar surface area (TPSA) is 49.4 Å². The van der Waals surface area contributed by atoms with Crippen molar-refractivity contribution in [2.24, 2.45) is 0 Å². The molecule has 0 amide bonds. The average molecular weight is 336 g/mol. The minimum Gasteiger partial charge on any atom is -0.317 e. The summed E-state index contributed by atoms with van der Waals surface area (Å²) in [5.41, 5.74) is 0. The quantitative estimate of drug-likeness (QED) is 0.839. The van der Waals surface area contributed by atoms with Crippen molar-refractivity contribution in [3.63, 3.8) is 0 Å². The first-order chi connectivity index (χ1) is 10.4. The van der Waals surface area contributed by atoms with Crippen LogP contribution in [0.5, 0.6) is 0 Å². The maximum atomic E-state index is 13.9. The third-order valence-corrected chi connectivity index (χ3v) is 5.69. The molecule has 0 saturated carbocycles. The number of halogens is 3. The molecule has 0 bridgehead atoms. The van der Waals surface area contributed by atoms with E-state index in [9.17, 15) is 21.6 Å². The number of nitrogens with one attached hydrogen (secondary N) is 1. The van der Waals surface area contributed by atoms with Crippen LogP contribution in [-0.2, 0) is 10.0 Å². The summed E-state index contributed by atoms with van der Waals surface area (Å²) in [7, 11) is -4.21. The van der Waals surface area contributed by atoms with Crippen LogP contribution in [-0.4, -0.2) is 38.4 Å². The van der Waals surface area contributed by atoms with E-state index in [2.05, 4.69) is 5.32 Å². The van der Waals surface area contributed by atoms with E-state index < -0.39 is 32.4 Å². The Morgan fingerprint density at radius 1 is 1.14 bits per heavy atom. The van der Waals surface area contributed by atoms with E-state index in [1.165, 1.54) is 4.31 Å². The highest BCUT2D eigenvalue weighted by atomic mass is 32.2. The van der Waals surface area contributed by atoms with Gasteiger partial charge in [0.25, 0.3) is 0 Å². The van der Waals surface area contributed by atoms with E-state index in [1.54, 1.807) is 0 Å². The smallest absolute Gasteiger partial charge is 0.246 e. The molecule has 8 heteroatoms. The number of piperidine rings is 1. The molecule has 1 saturated heterocycles. The molecule has 1 fully saturated rings. The first kappa shape index (κ1) is 17.2. The lowest BCUT2D eigenvalue weighted by molar-refractivity contribution is 0.261. The predicted molar refractivity (Wildman–Crippen MR) is 76.4 cm³/mol. The third kappa shape index (κ3) is 3.44. The number of hydrogen-bond acceptors (Lipinski definition) is 3. The number of sulfonamides is 1. The summed E-state index contributed by atoms with van der Waals surface area (Å²) in [6, 6.07) is 0.428. The van der Waals surface area contributed by atoms with E-state index in [1.807, 2.05) is 6.92 Å². The second-order valence-electron chi connectivity index (χ2n) is 5.29. The van der Waals surface area contributed by atoms with Crippen LogP contribution in [0.15, 0.2) is 17.0 Å². The highest BCUT2D eigenvalue weighted by molar-refractivity contribution is 7.89. The van der Waals surface area contributed by atoms with Crippen LogP contribution < -0.4 is 5.32 Å². The highest BCUT2D eigenvalue weighted by Gasteiger charge is 2.34. The number of benzene rings is 1. The fraction of sp³-hybridized carbons (Fsp3) is 0.571. The lowest BCUT2D eigenvalue weighted by Gasteiger charge is -2.33. The van der Waals surface area contributed by atoms with E-state index in [0.717, 1.165) is 0 Å². The van der Waals surface area contributed by atoms with Gasteiger partial charge in [0.1, 0.15) is 10.7 Å². The van der Waals surface area contributed by atoms with Crippen LogP contribution in [0.1, 0.15) is 26.2 Å². The molecule has 1 aliphatic rings. The minimum atomic E-state index is -4.21. The fourth-order valence-corrected chi connectivity index (χ4v) is 4.48. The predicted octanol–water partition coefficient (Wildman–Crippen LogP) is 2.26. The lowest BCUT2D eigenvalue weighted by atomic mass is 10.1. The molecule has 0 atom stereocenters. The Bertz CT molecular complexity index is 631. The van der Waals surface area contributed by atoms with Crippen LogP contribution in [0.4, 0.5) is 13.2 Å². The summed E-state index contributed by atoms with van der Waals surface area (Å²) < 4.78 is 66.8. The van der Waals surface area contributed by atoms with Crippen LogP contribution in [0.25, 0.3) is 0 Å². The van der Waals surface area contributed by atoms with Gasteiger partial charge >= 0.3 is 0 Å². The van der Waals surface area contributed by atoms with Gasteiger partial charge in [-0.25, -0.2) is 21.6 Å². The van der Waals surface area contributed by atoms with Crippen LogP contribution in [0, 0.1) is 17.5 Å². The largest absolute Gasteiger partial charge is 0.317 e. The standard InChI is InChI=1S/C14H19F3N2O2S/c1-2-7-19(10-3-5-18-6-4-10)22(20,21)14-9-12(16)11(15)8-13(14)17/h8-10,18H,2-7H2,1H3. The van der Waals surface area contributed by atoms with Gasteiger partial charge in [-0.3, -0.25) is 0 Å².